The maximum atomic E-state index is 10.8. The van der Waals surface area contributed by atoms with Crippen molar-refractivity contribution < 1.29 is 9.90 Å². The summed E-state index contributed by atoms with van der Waals surface area (Å²) in [7, 11) is 2.08. The largest absolute Gasteiger partial charge is 0.480 e. The summed E-state index contributed by atoms with van der Waals surface area (Å²) in [6, 6.07) is 6.31. The minimum Gasteiger partial charge on any atom is -0.480 e. The number of likely N-dealkylation sites (N-methyl/N-ethyl adjacent to an activating group) is 1. The van der Waals surface area contributed by atoms with Crippen LogP contribution in [0.5, 0.6) is 0 Å². The van der Waals surface area contributed by atoms with Crippen LogP contribution in [0.1, 0.15) is 11.1 Å². The number of terminal acetylenes is 1. The molecule has 0 aliphatic carbocycles. The Morgan fingerprint density at radius 3 is 3.05 bits per heavy atom. The highest BCUT2D eigenvalue weighted by atomic mass is 16.4. The van der Waals surface area contributed by atoms with Gasteiger partial charge < -0.3 is 10.0 Å². The Morgan fingerprint density at radius 1 is 1.58 bits per heavy atom. The number of carbonyl (C=O) groups is 1. The summed E-state index contributed by atoms with van der Waals surface area (Å²) in [6.45, 7) is 1.94. The summed E-state index contributed by atoms with van der Waals surface area (Å²) in [5.41, 5.74) is 3.71. The first-order chi connectivity index (χ1) is 9.10. The SMILES string of the molecule is C#CCN(CC(=O)O)Cc1ccc2c(c1)CCN2C. The zero-order valence-corrected chi connectivity index (χ0v) is 11.1. The quantitative estimate of drug-likeness (QED) is 0.806. The summed E-state index contributed by atoms with van der Waals surface area (Å²) in [5.74, 6) is 1.66. The molecule has 0 spiro atoms. The minimum absolute atomic E-state index is 0.0266. The van der Waals surface area contributed by atoms with Crippen molar-refractivity contribution >= 4 is 11.7 Å². The number of carboxylic acids is 1. The molecule has 1 aliphatic heterocycles. The molecular weight excluding hydrogens is 240 g/mol. The fraction of sp³-hybridized carbons (Fsp3) is 0.400. The van der Waals surface area contributed by atoms with Crippen LogP contribution in [0, 0.1) is 12.3 Å². The summed E-state index contributed by atoms with van der Waals surface area (Å²) in [6.07, 6.45) is 6.33. The smallest absolute Gasteiger partial charge is 0.317 e. The third-order valence-corrected chi connectivity index (χ3v) is 3.35. The highest BCUT2D eigenvalue weighted by Crippen LogP contribution is 2.27. The van der Waals surface area contributed by atoms with Crippen molar-refractivity contribution in [1.82, 2.24) is 4.90 Å². The van der Waals surface area contributed by atoms with E-state index in [1.165, 1.54) is 11.3 Å². The van der Waals surface area contributed by atoms with Gasteiger partial charge in [-0.15, -0.1) is 6.42 Å². The van der Waals surface area contributed by atoms with Crippen molar-refractivity contribution in [3.05, 3.63) is 29.3 Å². The van der Waals surface area contributed by atoms with Gasteiger partial charge in [-0.05, 0) is 23.6 Å². The van der Waals surface area contributed by atoms with Gasteiger partial charge in [0.1, 0.15) is 0 Å². The third-order valence-electron chi connectivity index (χ3n) is 3.35. The van der Waals surface area contributed by atoms with E-state index in [4.69, 9.17) is 11.5 Å². The number of carboxylic acid groups (broad SMARTS) is 1. The van der Waals surface area contributed by atoms with Crippen LogP contribution in [-0.2, 0) is 17.8 Å². The zero-order chi connectivity index (χ0) is 13.8. The number of hydrogen-bond acceptors (Lipinski definition) is 3. The standard InChI is InChI=1S/C15H18N2O2/c1-3-7-17(11-15(18)19)10-12-4-5-14-13(9-12)6-8-16(14)2/h1,4-5,9H,6-8,10-11H2,2H3,(H,18,19). The zero-order valence-electron chi connectivity index (χ0n) is 11.1. The average molecular weight is 258 g/mol. The molecule has 1 heterocycles. The second-order valence-corrected chi connectivity index (χ2v) is 4.88. The predicted molar refractivity (Wildman–Crippen MR) is 75.2 cm³/mol. The number of anilines is 1. The van der Waals surface area contributed by atoms with Gasteiger partial charge in [0.15, 0.2) is 0 Å². The molecule has 1 aromatic rings. The average Bonchev–Trinajstić information content (AvgIpc) is 2.70. The fourth-order valence-corrected chi connectivity index (χ4v) is 2.46. The van der Waals surface area contributed by atoms with Crippen molar-refractivity contribution in [3.63, 3.8) is 0 Å². The van der Waals surface area contributed by atoms with E-state index in [1.807, 2.05) is 6.07 Å². The molecule has 19 heavy (non-hydrogen) atoms. The lowest BCUT2D eigenvalue weighted by Gasteiger charge is -2.18. The summed E-state index contributed by atoms with van der Waals surface area (Å²) < 4.78 is 0. The van der Waals surface area contributed by atoms with E-state index < -0.39 is 5.97 Å². The molecule has 1 aromatic carbocycles. The monoisotopic (exact) mass is 258 g/mol. The van der Waals surface area contributed by atoms with Crippen LogP contribution in [0.3, 0.4) is 0 Å². The van der Waals surface area contributed by atoms with Crippen molar-refractivity contribution in [2.24, 2.45) is 0 Å². The van der Waals surface area contributed by atoms with E-state index in [0.717, 1.165) is 18.5 Å². The lowest BCUT2D eigenvalue weighted by Crippen LogP contribution is -2.29. The molecule has 1 aliphatic rings. The van der Waals surface area contributed by atoms with Gasteiger partial charge in [-0.2, -0.15) is 0 Å². The number of nitrogens with zero attached hydrogens (tertiary/aromatic N) is 2. The molecule has 2 rings (SSSR count). The molecule has 0 radical (unpaired) electrons. The Bertz CT molecular complexity index is 519. The van der Waals surface area contributed by atoms with Crippen LogP contribution in [0.2, 0.25) is 0 Å². The summed E-state index contributed by atoms with van der Waals surface area (Å²) >= 11 is 0. The van der Waals surface area contributed by atoms with Gasteiger partial charge in [-0.3, -0.25) is 9.69 Å². The van der Waals surface area contributed by atoms with E-state index >= 15 is 0 Å². The van der Waals surface area contributed by atoms with Crippen molar-refractivity contribution in [1.29, 1.82) is 0 Å². The van der Waals surface area contributed by atoms with E-state index in [-0.39, 0.29) is 6.54 Å². The fourth-order valence-electron chi connectivity index (χ4n) is 2.46. The normalized spacial score (nSPS) is 13.4. The molecule has 0 saturated carbocycles. The highest BCUT2D eigenvalue weighted by Gasteiger charge is 2.16. The van der Waals surface area contributed by atoms with Gasteiger partial charge in [-0.25, -0.2) is 0 Å². The van der Waals surface area contributed by atoms with Crippen molar-refractivity contribution in [3.8, 4) is 12.3 Å². The summed E-state index contributed by atoms with van der Waals surface area (Å²) in [4.78, 5) is 14.8. The second-order valence-electron chi connectivity index (χ2n) is 4.88. The Morgan fingerprint density at radius 2 is 2.37 bits per heavy atom. The third kappa shape index (κ3) is 3.27. The molecule has 4 heteroatoms. The molecule has 100 valence electrons. The van der Waals surface area contributed by atoms with Gasteiger partial charge in [-0.1, -0.05) is 18.1 Å². The van der Waals surface area contributed by atoms with Crippen LogP contribution in [0.25, 0.3) is 0 Å². The van der Waals surface area contributed by atoms with Crippen molar-refractivity contribution in [2.45, 2.75) is 13.0 Å². The number of fused-ring (bicyclic) bond motifs is 1. The Balaban J connectivity index is 2.10. The Kier molecular flexibility index (Phi) is 4.08. The molecule has 4 nitrogen and oxygen atoms in total. The van der Waals surface area contributed by atoms with E-state index in [0.29, 0.717) is 13.1 Å². The number of benzene rings is 1. The van der Waals surface area contributed by atoms with Gasteiger partial charge in [0, 0.05) is 25.8 Å². The maximum absolute atomic E-state index is 10.8. The Hall–Kier alpha value is -1.99. The number of rotatable bonds is 5. The highest BCUT2D eigenvalue weighted by molar-refractivity contribution is 5.69. The van der Waals surface area contributed by atoms with Gasteiger partial charge in [0.05, 0.1) is 13.1 Å². The van der Waals surface area contributed by atoms with Gasteiger partial charge in [0.25, 0.3) is 0 Å². The minimum atomic E-state index is -0.851. The molecule has 0 saturated heterocycles. The first kappa shape index (κ1) is 13.4. The van der Waals surface area contributed by atoms with Gasteiger partial charge in [0.2, 0.25) is 0 Å². The maximum Gasteiger partial charge on any atom is 0.317 e. The second kappa shape index (κ2) is 5.77. The molecule has 0 aromatic heterocycles. The topological polar surface area (TPSA) is 43.8 Å². The first-order valence-corrected chi connectivity index (χ1v) is 6.30. The molecule has 0 atom stereocenters. The lowest BCUT2D eigenvalue weighted by molar-refractivity contribution is -0.138. The van der Waals surface area contributed by atoms with Crippen molar-refractivity contribution in [2.75, 3.05) is 31.6 Å². The van der Waals surface area contributed by atoms with Gasteiger partial charge >= 0.3 is 5.97 Å². The van der Waals surface area contributed by atoms with E-state index in [9.17, 15) is 4.79 Å². The number of aliphatic carboxylic acids is 1. The molecular formula is C15H18N2O2. The van der Waals surface area contributed by atoms with E-state index in [2.05, 4.69) is 30.0 Å². The van der Waals surface area contributed by atoms with Crippen LogP contribution in [0.15, 0.2) is 18.2 Å². The Labute approximate surface area is 113 Å². The first-order valence-electron chi connectivity index (χ1n) is 6.30. The summed E-state index contributed by atoms with van der Waals surface area (Å²) in [5, 5.41) is 8.86. The predicted octanol–water partition coefficient (Wildman–Crippen LogP) is 1.20. The van der Waals surface area contributed by atoms with Crippen LogP contribution >= 0.6 is 0 Å². The lowest BCUT2D eigenvalue weighted by atomic mass is 10.1. The van der Waals surface area contributed by atoms with E-state index in [1.54, 1.807) is 4.90 Å². The van der Waals surface area contributed by atoms with Crippen LogP contribution in [0.4, 0.5) is 5.69 Å². The number of hydrogen-bond donors (Lipinski definition) is 1. The molecule has 1 N–H and O–H groups in total. The van der Waals surface area contributed by atoms with Crippen LogP contribution in [-0.4, -0.2) is 42.7 Å². The van der Waals surface area contributed by atoms with Crippen LogP contribution < -0.4 is 4.90 Å². The molecule has 0 bridgehead atoms. The molecule has 0 fully saturated rings. The molecule has 0 unspecified atom stereocenters. The molecule has 0 amide bonds.